The Labute approximate surface area is 142 Å². The first-order chi connectivity index (χ1) is 11.4. The molecule has 0 radical (unpaired) electrons. The van der Waals surface area contributed by atoms with Crippen LogP contribution >= 0.6 is 12.2 Å². The van der Waals surface area contributed by atoms with Crippen molar-refractivity contribution in [2.45, 2.75) is 6.92 Å². The Morgan fingerprint density at radius 1 is 1.21 bits per heavy atom. The molecule has 0 saturated carbocycles. The fourth-order valence-corrected chi connectivity index (χ4v) is 2.10. The summed E-state index contributed by atoms with van der Waals surface area (Å²) in [4.78, 5) is 34.1. The molecule has 1 aromatic rings. The zero-order chi connectivity index (χ0) is 17.7. The lowest BCUT2D eigenvalue weighted by Gasteiger charge is -2.17. The van der Waals surface area contributed by atoms with Crippen LogP contribution in [0.3, 0.4) is 0 Å². The summed E-state index contributed by atoms with van der Waals surface area (Å²) in [6, 6.07) is 4.55. The second-order valence-corrected chi connectivity index (χ2v) is 5.00. The third-order valence-electron chi connectivity index (χ3n) is 2.87. The molecule has 1 aromatic carbocycles. The lowest BCUT2D eigenvalue weighted by atomic mass is 10.1. The number of nitrogens with one attached hydrogen (secondary N) is 2. The van der Waals surface area contributed by atoms with Crippen molar-refractivity contribution in [1.29, 1.82) is 0 Å². The minimum absolute atomic E-state index is 0.0526. The minimum Gasteiger partial charge on any atom is -0.546 e. The van der Waals surface area contributed by atoms with Gasteiger partial charge in [0.1, 0.15) is 12.2 Å². The van der Waals surface area contributed by atoms with E-state index in [2.05, 4.69) is 10.6 Å². The molecule has 2 rings (SSSR count). The van der Waals surface area contributed by atoms with Gasteiger partial charge in [-0.25, -0.2) is 0 Å². The summed E-state index contributed by atoms with van der Waals surface area (Å²) < 4.78 is 10.4. The van der Waals surface area contributed by atoms with Crippen molar-refractivity contribution in [3.63, 3.8) is 0 Å². The molecule has 126 valence electrons. The number of benzene rings is 1. The van der Waals surface area contributed by atoms with Gasteiger partial charge in [-0.05, 0) is 42.9 Å². The number of aliphatic carboxylic acids is 1. The number of rotatable bonds is 6. The van der Waals surface area contributed by atoms with Crippen LogP contribution in [0.25, 0.3) is 6.08 Å². The van der Waals surface area contributed by atoms with E-state index in [1.807, 2.05) is 0 Å². The number of carbonyl (C=O) groups excluding carboxylic acids is 3. The number of hydrogen-bond donors (Lipinski definition) is 2. The highest BCUT2D eigenvalue weighted by Gasteiger charge is 2.25. The highest BCUT2D eigenvalue weighted by Crippen LogP contribution is 2.29. The summed E-state index contributed by atoms with van der Waals surface area (Å²) in [6.07, 6.45) is 1.36. The predicted octanol–water partition coefficient (Wildman–Crippen LogP) is -0.872. The van der Waals surface area contributed by atoms with Crippen LogP contribution in [0.15, 0.2) is 23.8 Å². The lowest BCUT2D eigenvalue weighted by molar-refractivity contribution is -0.307. The van der Waals surface area contributed by atoms with Crippen molar-refractivity contribution in [2.24, 2.45) is 0 Å². The number of ether oxygens (including phenoxy) is 2. The Morgan fingerprint density at radius 3 is 2.46 bits per heavy atom. The quantitative estimate of drug-likeness (QED) is 0.389. The Hall–Kier alpha value is -2.94. The molecule has 1 aliphatic heterocycles. The molecule has 1 saturated heterocycles. The normalized spacial score (nSPS) is 13.9. The number of amides is 2. The molecule has 0 spiro atoms. The number of carbonyl (C=O) groups is 3. The molecule has 1 fully saturated rings. The fraction of sp³-hybridized carbons (Fsp3) is 0.200. The lowest BCUT2D eigenvalue weighted by Crippen LogP contribution is -2.51. The largest absolute Gasteiger partial charge is 0.546 e. The fourth-order valence-electron chi connectivity index (χ4n) is 1.91. The van der Waals surface area contributed by atoms with E-state index in [0.717, 1.165) is 0 Å². The van der Waals surface area contributed by atoms with Crippen LogP contribution in [0.1, 0.15) is 12.5 Å². The first-order valence-corrected chi connectivity index (χ1v) is 7.29. The van der Waals surface area contributed by atoms with Gasteiger partial charge >= 0.3 is 0 Å². The molecule has 0 bridgehead atoms. The van der Waals surface area contributed by atoms with Crippen molar-refractivity contribution < 1.29 is 29.0 Å². The van der Waals surface area contributed by atoms with Gasteiger partial charge in [0, 0.05) is 0 Å². The first-order valence-electron chi connectivity index (χ1n) is 6.88. The maximum absolute atomic E-state index is 11.8. The van der Waals surface area contributed by atoms with E-state index < -0.39 is 24.4 Å². The monoisotopic (exact) mass is 349 g/mol. The van der Waals surface area contributed by atoms with Gasteiger partial charge < -0.3 is 19.4 Å². The van der Waals surface area contributed by atoms with Crippen molar-refractivity contribution in [3.05, 3.63) is 29.3 Å². The Kier molecular flexibility index (Phi) is 5.48. The van der Waals surface area contributed by atoms with Gasteiger partial charge in [-0.1, -0.05) is 6.07 Å². The summed E-state index contributed by atoms with van der Waals surface area (Å²) in [6.45, 7) is 1.44. The second-order valence-electron chi connectivity index (χ2n) is 4.60. The molecular formula is C15H13N2O6S-. The van der Waals surface area contributed by atoms with E-state index in [1.165, 1.54) is 18.2 Å². The van der Waals surface area contributed by atoms with E-state index >= 15 is 0 Å². The highest BCUT2D eigenvalue weighted by atomic mass is 32.1. The van der Waals surface area contributed by atoms with E-state index in [0.29, 0.717) is 12.2 Å². The van der Waals surface area contributed by atoms with Crippen LogP contribution in [-0.4, -0.2) is 36.1 Å². The maximum Gasteiger partial charge on any atom is 0.263 e. The summed E-state index contributed by atoms with van der Waals surface area (Å²) >= 11 is 4.72. The van der Waals surface area contributed by atoms with Gasteiger partial charge in [0.25, 0.3) is 11.8 Å². The zero-order valence-electron chi connectivity index (χ0n) is 12.6. The summed E-state index contributed by atoms with van der Waals surface area (Å²) in [7, 11) is 0. The van der Waals surface area contributed by atoms with E-state index in [-0.39, 0.29) is 22.2 Å². The number of carboxylic acid groups (broad SMARTS) is 1. The van der Waals surface area contributed by atoms with E-state index in [1.54, 1.807) is 13.0 Å². The van der Waals surface area contributed by atoms with Gasteiger partial charge in [-0.15, -0.1) is 0 Å². The Balaban J connectivity index is 2.30. The minimum atomic E-state index is -1.37. The zero-order valence-corrected chi connectivity index (χ0v) is 13.4. The Morgan fingerprint density at radius 2 is 1.88 bits per heavy atom. The van der Waals surface area contributed by atoms with Crippen LogP contribution in [0, 0.1) is 0 Å². The molecule has 0 unspecified atom stereocenters. The van der Waals surface area contributed by atoms with Crippen LogP contribution < -0.4 is 25.2 Å². The van der Waals surface area contributed by atoms with Gasteiger partial charge in [-0.3, -0.25) is 20.2 Å². The third-order valence-corrected chi connectivity index (χ3v) is 3.07. The van der Waals surface area contributed by atoms with E-state index in [9.17, 15) is 19.5 Å². The number of hydrogen-bond acceptors (Lipinski definition) is 7. The molecule has 9 heteroatoms. The molecule has 0 aromatic heterocycles. The van der Waals surface area contributed by atoms with Crippen molar-refractivity contribution in [2.75, 3.05) is 13.2 Å². The van der Waals surface area contributed by atoms with Gasteiger partial charge in [0.15, 0.2) is 16.6 Å². The van der Waals surface area contributed by atoms with Gasteiger partial charge in [0.05, 0.1) is 12.6 Å². The summed E-state index contributed by atoms with van der Waals surface area (Å²) in [5, 5.41) is 15.1. The molecule has 8 nitrogen and oxygen atoms in total. The van der Waals surface area contributed by atoms with Crippen LogP contribution in [0.2, 0.25) is 0 Å². The third kappa shape index (κ3) is 4.29. The first kappa shape index (κ1) is 17.4. The molecule has 1 heterocycles. The Bertz CT molecular complexity index is 721. The molecule has 0 atom stereocenters. The van der Waals surface area contributed by atoms with E-state index in [4.69, 9.17) is 21.7 Å². The van der Waals surface area contributed by atoms with Crippen LogP contribution in [0.5, 0.6) is 11.5 Å². The topological polar surface area (TPSA) is 117 Å². The second kappa shape index (κ2) is 7.55. The van der Waals surface area contributed by atoms with Crippen molar-refractivity contribution in [3.8, 4) is 11.5 Å². The standard InChI is InChI=1S/C15H14N2O6S/c1-2-22-11-6-8(3-4-10(11)23-7-12(18)19)5-9-13(20)16-15(24)17-14(9)21/h3-6H,2,7H2,1H3,(H,18,19)(H2,16,17,20,21,24)/p-1. The smallest absolute Gasteiger partial charge is 0.263 e. The summed E-state index contributed by atoms with van der Waals surface area (Å²) in [5.41, 5.74) is 0.377. The highest BCUT2D eigenvalue weighted by molar-refractivity contribution is 7.80. The molecule has 0 aliphatic carbocycles. The SMILES string of the molecule is CCOc1cc(C=C2C(=O)NC(=S)NC2=O)ccc1OCC(=O)[O-]. The average Bonchev–Trinajstić information content (AvgIpc) is 2.50. The van der Waals surface area contributed by atoms with Gasteiger partial charge in [0.2, 0.25) is 0 Å². The maximum atomic E-state index is 11.8. The average molecular weight is 349 g/mol. The molecule has 1 aliphatic rings. The molecular weight excluding hydrogens is 336 g/mol. The number of thiocarbonyl (C=S) groups is 1. The van der Waals surface area contributed by atoms with Gasteiger partial charge in [-0.2, -0.15) is 0 Å². The summed E-state index contributed by atoms with van der Waals surface area (Å²) in [5.74, 6) is -2.10. The van der Waals surface area contributed by atoms with Crippen LogP contribution in [-0.2, 0) is 14.4 Å². The molecule has 2 N–H and O–H groups in total. The predicted molar refractivity (Wildman–Crippen MR) is 85.0 cm³/mol. The van der Waals surface area contributed by atoms with Crippen LogP contribution in [0.4, 0.5) is 0 Å². The number of carboxylic acids is 1. The molecule has 2 amide bonds. The molecule has 24 heavy (non-hydrogen) atoms. The van der Waals surface area contributed by atoms with Crippen molar-refractivity contribution >= 4 is 41.2 Å². The van der Waals surface area contributed by atoms with Crippen molar-refractivity contribution in [1.82, 2.24) is 10.6 Å².